The molecule has 0 spiro atoms. The van der Waals surface area contributed by atoms with Crippen molar-refractivity contribution in [1.29, 1.82) is 0 Å². The van der Waals surface area contributed by atoms with Gasteiger partial charge in [0.1, 0.15) is 17.7 Å². The molecule has 1 amide bonds. The molecule has 1 aliphatic rings. The molecule has 2 aromatic rings. The molecule has 0 saturated carbocycles. The Bertz CT molecular complexity index is 744. The van der Waals surface area contributed by atoms with E-state index in [0.29, 0.717) is 6.61 Å². The quantitative estimate of drug-likeness (QED) is 0.831. The fourth-order valence-electron chi connectivity index (χ4n) is 2.95. The smallest absolute Gasteiger partial charge is 0.249 e. The minimum absolute atomic E-state index is 0.161. The molecular formula is C18H24N4O3. The number of benzene rings is 1. The zero-order valence-corrected chi connectivity index (χ0v) is 14.9. The Labute approximate surface area is 147 Å². The summed E-state index contributed by atoms with van der Waals surface area (Å²) >= 11 is 0. The van der Waals surface area contributed by atoms with Gasteiger partial charge in [-0.25, -0.2) is 0 Å². The Hall–Kier alpha value is -2.41. The summed E-state index contributed by atoms with van der Waals surface area (Å²) in [5.74, 6) is 2.41. The summed E-state index contributed by atoms with van der Waals surface area (Å²) in [5, 5.41) is 11.3. The third kappa shape index (κ3) is 3.99. The number of hydrogen-bond acceptors (Lipinski definition) is 5. The number of amides is 1. The first kappa shape index (κ1) is 17.4. The Morgan fingerprint density at radius 2 is 2.20 bits per heavy atom. The van der Waals surface area contributed by atoms with E-state index in [-0.39, 0.29) is 11.9 Å². The van der Waals surface area contributed by atoms with Gasteiger partial charge in [-0.1, -0.05) is 12.1 Å². The van der Waals surface area contributed by atoms with Crippen molar-refractivity contribution in [2.75, 3.05) is 7.11 Å². The van der Waals surface area contributed by atoms with Crippen molar-refractivity contribution in [3.63, 3.8) is 0 Å². The molecule has 0 saturated heterocycles. The van der Waals surface area contributed by atoms with Crippen molar-refractivity contribution < 1.29 is 14.3 Å². The van der Waals surface area contributed by atoms with Gasteiger partial charge in [0.25, 0.3) is 0 Å². The zero-order valence-electron chi connectivity index (χ0n) is 14.9. The highest BCUT2D eigenvalue weighted by Gasteiger charge is 2.24. The second kappa shape index (κ2) is 7.65. The molecule has 1 N–H and O–H groups in total. The summed E-state index contributed by atoms with van der Waals surface area (Å²) in [5.41, 5.74) is 0.960. The zero-order chi connectivity index (χ0) is 17.8. The first-order chi connectivity index (χ1) is 12.1. The fourth-order valence-corrected chi connectivity index (χ4v) is 2.95. The van der Waals surface area contributed by atoms with Crippen molar-refractivity contribution in [2.45, 2.75) is 52.0 Å². The van der Waals surface area contributed by atoms with E-state index in [1.807, 2.05) is 31.2 Å². The average molecular weight is 344 g/mol. The van der Waals surface area contributed by atoms with Crippen LogP contribution in [0, 0.1) is 0 Å². The summed E-state index contributed by atoms with van der Waals surface area (Å²) in [6, 6.07) is 7.41. The van der Waals surface area contributed by atoms with Crippen LogP contribution in [-0.2, 0) is 29.1 Å². The molecule has 2 heterocycles. The number of aryl methyl sites for hydroxylation is 1. The first-order valence-electron chi connectivity index (χ1n) is 8.55. The van der Waals surface area contributed by atoms with Crippen LogP contribution >= 0.6 is 0 Å². The van der Waals surface area contributed by atoms with Crippen molar-refractivity contribution >= 4 is 5.91 Å². The number of methoxy groups -OCH3 is 1. The highest BCUT2D eigenvalue weighted by Crippen LogP contribution is 2.19. The number of carbonyl (C=O) groups excluding carboxylic acids is 1. The van der Waals surface area contributed by atoms with Crippen LogP contribution in [0.1, 0.15) is 43.5 Å². The van der Waals surface area contributed by atoms with Gasteiger partial charge in [-0.05, 0) is 38.0 Å². The topological polar surface area (TPSA) is 78.3 Å². The molecule has 2 atom stereocenters. The molecule has 0 aliphatic carbocycles. The summed E-state index contributed by atoms with van der Waals surface area (Å²) in [6.45, 7) is 4.93. The van der Waals surface area contributed by atoms with E-state index >= 15 is 0 Å². The van der Waals surface area contributed by atoms with Gasteiger partial charge in [-0.2, -0.15) is 0 Å². The van der Waals surface area contributed by atoms with Crippen LogP contribution in [0.4, 0.5) is 0 Å². The maximum Gasteiger partial charge on any atom is 0.249 e. The SMILES string of the molecule is COc1cccc(CO[C@@H](C)C(=O)N[C@H](C)c2nnc3n2CCC3)c1. The van der Waals surface area contributed by atoms with Crippen LogP contribution in [-0.4, -0.2) is 33.9 Å². The van der Waals surface area contributed by atoms with Crippen molar-refractivity contribution in [3.8, 4) is 5.75 Å². The van der Waals surface area contributed by atoms with Gasteiger partial charge in [-0.15, -0.1) is 10.2 Å². The van der Waals surface area contributed by atoms with Crippen LogP contribution in [0.3, 0.4) is 0 Å². The van der Waals surface area contributed by atoms with E-state index in [1.165, 1.54) is 0 Å². The Kier molecular flexibility index (Phi) is 5.33. The number of carbonyl (C=O) groups is 1. The molecule has 7 heteroatoms. The van der Waals surface area contributed by atoms with Gasteiger partial charge in [0.15, 0.2) is 5.82 Å². The van der Waals surface area contributed by atoms with Gasteiger partial charge in [0, 0.05) is 13.0 Å². The maximum absolute atomic E-state index is 12.4. The van der Waals surface area contributed by atoms with Gasteiger partial charge < -0.3 is 19.4 Å². The minimum Gasteiger partial charge on any atom is -0.497 e. The number of hydrogen-bond donors (Lipinski definition) is 1. The number of rotatable bonds is 7. The highest BCUT2D eigenvalue weighted by atomic mass is 16.5. The van der Waals surface area contributed by atoms with Gasteiger partial charge in [0.05, 0.1) is 19.8 Å². The third-order valence-electron chi connectivity index (χ3n) is 4.39. The van der Waals surface area contributed by atoms with E-state index in [0.717, 1.165) is 42.3 Å². The number of aromatic nitrogens is 3. The maximum atomic E-state index is 12.4. The van der Waals surface area contributed by atoms with Gasteiger partial charge in [0.2, 0.25) is 5.91 Å². The lowest BCUT2D eigenvalue weighted by Crippen LogP contribution is -2.37. The molecule has 0 unspecified atom stereocenters. The molecule has 134 valence electrons. The number of nitrogens with zero attached hydrogens (tertiary/aromatic N) is 3. The molecular weight excluding hydrogens is 320 g/mol. The van der Waals surface area contributed by atoms with E-state index in [2.05, 4.69) is 20.1 Å². The summed E-state index contributed by atoms with van der Waals surface area (Å²) in [7, 11) is 1.62. The molecule has 0 fully saturated rings. The second-order valence-electron chi connectivity index (χ2n) is 6.26. The highest BCUT2D eigenvalue weighted by molar-refractivity contribution is 5.80. The number of fused-ring (bicyclic) bond motifs is 1. The molecule has 0 radical (unpaired) electrons. The van der Waals surface area contributed by atoms with E-state index in [4.69, 9.17) is 9.47 Å². The predicted molar refractivity (Wildman–Crippen MR) is 92.1 cm³/mol. The third-order valence-corrected chi connectivity index (χ3v) is 4.39. The average Bonchev–Trinajstić information content (AvgIpc) is 3.23. The fraction of sp³-hybridized carbons (Fsp3) is 0.500. The summed E-state index contributed by atoms with van der Waals surface area (Å²) in [4.78, 5) is 12.4. The molecule has 3 rings (SSSR count). The molecule has 7 nitrogen and oxygen atoms in total. The molecule has 1 aliphatic heterocycles. The molecule has 1 aromatic heterocycles. The Balaban J connectivity index is 1.53. The normalized spacial score (nSPS) is 15.5. The van der Waals surface area contributed by atoms with Crippen molar-refractivity contribution in [3.05, 3.63) is 41.5 Å². The monoisotopic (exact) mass is 344 g/mol. The minimum atomic E-state index is -0.561. The van der Waals surface area contributed by atoms with Gasteiger partial charge >= 0.3 is 0 Å². The van der Waals surface area contributed by atoms with Crippen LogP contribution < -0.4 is 10.1 Å². The molecule has 1 aromatic carbocycles. The van der Waals surface area contributed by atoms with Crippen LogP contribution in [0.2, 0.25) is 0 Å². The second-order valence-corrected chi connectivity index (χ2v) is 6.26. The molecule has 0 bridgehead atoms. The van der Waals surface area contributed by atoms with Crippen LogP contribution in [0.5, 0.6) is 5.75 Å². The lowest BCUT2D eigenvalue weighted by atomic mass is 10.2. The van der Waals surface area contributed by atoms with E-state index < -0.39 is 6.10 Å². The number of ether oxygens (including phenoxy) is 2. The lowest BCUT2D eigenvalue weighted by molar-refractivity contribution is -0.133. The van der Waals surface area contributed by atoms with E-state index in [9.17, 15) is 4.79 Å². The standard InChI is InChI=1S/C18H24N4O3/c1-12(17-21-20-16-8-5-9-22(16)17)19-18(23)13(2)25-11-14-6-4-7-15(10-14)24-3/h4,6-7,10,12-13H,5,8-9,11H2,1-3H3,(H,19,23)/t12-,13+/m1/s1. The predicted octanol–water partition coefficient (Wildman–Crippen LogP) is 2.02. The largest absolute Gasteiger partial charge is 0.497 e. The van der Waals surface area contributed by atoms with Crippen molar-refractivity contribution in [1.82, 2.24) is 20.1 Å². The van der Waals surface area contributed by atoms with Crippen LogP contribution in [0.15, 0.2) is 24.3 Å². The van der Waals surface area contributed by atoms with E-state index in [1.54, 1.807) is 14.0 Å². The number of nitrogens with one attached hydrogen (secondary N) is 1. The van der Waals surface area contributed by atoms with Crippen molar-refractivity contribution in [2.24, 2.45) is 0 Å². The lowest BCUT2D eigenvalue weighted by Gasteiger charge is -2.18. The summed E-state index contributed by atoms with van der Waals surface area (Å²) in [6.07, 6.45) is 1.47. The van der Waals surface area contributed by atoms with Gasteiger partial charge in [-0.3, -0.25) is 4.79 Å². The first-order valence-corrected chi connectivity index (χ1v) is 8.55. The summed E-state index contributed by atoms with van der Waals surface area (Å²) < 4.78 is 13.0. The Morgan fingerprint density at radius 3 is 3.00 bits per heavy atom. The Morgan fingerprint density at radius 1 is 1.36 bits per heavy atom. The molecule has 25 heavy (non-hydrogen) atoms. The van der Waals surface area contributed by atoms with Crippen LogP contribution in [0.25, 0.3) is 0 Å².